The molecule has 1 heterocycles. The third-order valence-corrected chi connectivity index (χ3v) is 3.33. The van der Waals surface area contributed by atoms with Crippen LogP contribution in [0.4, 0.5) is 0 Å². The number of benzene rings is 1. The van der Waals surface area contributed by atoms with E-state index in [1.807, 2.05) is 18.2 Å². The molecule has 1 aliphatic heterocycles. The molecule has 92 valence electrons. The summed E-state index contributed by atoms with van der Waals surface area (Å²) in [6, 6.07) is 8.25. The van der Waals surface area contributed by atoms with E-state index >= 15 is 0 Å². The highest BCUT2D eigenvalue weighted by molar-refractivity contribution is 5.55. The normalized spacial score (nSPS) is 19.4. The highest BCUT2D eigenvalue weighted by Crippen LogP contribution is 2.25. The zero-order valence-electron chi connectivity index (χ0n) is 10.4. The van der Waals surface area contributed by atoms with Crippen LogP contribution in [0.2, 0.25) is 0 Å². The highest BCUT2D eigenvalue weighted by atomic mass is 16.1. The molecule has 1 amide bonds. The van der Waals surface area contributed by atoms with Gasteiger partial charge in [-0.05, 0) is 35.6 Å². The van der Waals surface area contributed by atoms with Crippen molar-refractivity contribution in [1.82, 2.24) is 4.90 Å². The average Bonchev–Trinajstić information content (AvgIpc) is 2.40. The first-order valence-corrected chi connectivity index (χ1v) is 6.07. The lowest BCUT2D eigenvalue weighted by Gasteiger charge is -2.25. The van der Waals surface area contributed by atoms with E-state index in [-0.39, 0.29) is 0 Å². The van der Waals surface area contributed by atoms with E-state index in [0.29, 0.717) is 6.54 Å². The summed E-state index contributed by atoms with van der Waals surface area (Å²) in [5.74, 6) is 0. The smallest absolute Gasteiger partial charge is 0.214 e. The molecule has 2 heteroatoms. The predicted molar refractivity (Wildman–Crippen MR) is 73.8 cm³/mol. The Labute approximate surface area is 108 Å². The van der Waals surface area contributed by atoms with Gasteiger partial charge in [0, 0.05) is 5.70 Å². The van der Waals surface area contributed by atoms with Crippen LogP contribution in [0.15, 0.2) is 60.8 Å². The van der Waals surface area contributed by atoms with Crippen molar-refractivity contribution < 1.29 is 4.79 Å². The number of amides is 1. The van der Waals surface area contributed by atoms with Gasteiger partial charge < -0.3 is 4.90 Å². The molecule has 0 bridgehead atoms. The van der Waals surface area contributed by atoms with Gasteiger partial charge in [-0.1, -0.05) is 43.5 Å². The van der Waals surface area contributed by atoms with Crippen LogP contribution in [0, 0.1) is 0 Å². The summed E-state index contributed by atoms with van der Waals surface area (Å²) in [7, 11) is 0. The first kappa shape index (κ1) is 12.4. The molecule has 2 nitrogen and oxygen atoms in total. The minimum atomic E-state index is 0.596. The Morgan fingerprint density at radius 2 is 1.78 bits per heavy atom. The van der Waals surface area contributed by atoms with E-state index in [0.717, 1.165) is 30.5 Å². The summed E-state index contributed by atoms with van der Waals surface area (Å²) >= 11 is 0. The Morgan fingerprint density at radius 3 is 2.39 bits per heavy atom. The second-order valence-electron chi connectivity index (χ2n) is 4.32. The van der Waals surface area contributed by atoms with Crippen molar-refractivity contribution in [2.24, 2.45) is 0 Å². The molecular formula is C16H17NO. The Morgan fingerprint density at radius 1 is 1.06 bits per heavy atom. The zero-order chi connectivity index (χ0) is 13.0. The highest BCUT2D eigenvalue weighted by Gasteiger charge is 2.16. The fourth-order valence-corrected chi connectivity index (χ4v) is 2.36. The van der Waals surface area contributed by atoms with Crippen molar-refractivity contribution in [3.63, 3.8) is 0 Å². The monoisotopic (exact) mass is 239 g/mol. The number of hydrogen-bond donors (Lipinski definition) is 0. The molecule has 0 N–H and O–H groups in total. The van der Waals surface area contributed by atoms with Gasteiger partial charge >= 0.3 is 0 Å². The van der Waals surface area contributed by atoms with E-state index in [9.17, 15) is 4.79 Å². The lowest BCUT2D eigenvalue weighted by atomic mass is 9.95. The van der Waals surface area contributed by atoms with Crippen molar-refractivity contribution in [3.8, 4) is 0 Å². The molecule has 18 heavy (non-hydrogen) atoms. The van der Waals surface area contributed by atoms with Crippen molar-refractivity contribution in [2.75, 3.05) is 0 Å². The Balaban J connectivity index is 2.47. The van der Waals surface area contributed by atoms with Crippen molar-refractivity contribution >= 4 is 6.41 Å². The number of hydrogen-bond acceptors (Lipinski definition) is 1. The average molecular weight is 239 g/mol. The number of rotatable bonds is 3. The van der Waals surface area contributed by atoms with Crippen LogP contribution < -0.4 is 0 Å². The molecule has 0 saturated carbocycles. The van der Waals surface area contributed by atoms with Gasteiger partial charge in [0.25, 0.3) is 0 Å². The molecular weight excluding hydrogens is 222 g/mol. The van der Waals surface area contributed by atoms with Gasteiger partial charge in [0.15, 0.2) is 0 Å². The lowest BCUT2D eigenvalue weighted by Crippen LogP contribution is -2.23. The quantitative estimate of drug-likeness (QED) is 0.742. The fraction of sp³-hybridized carbons (Fsp3) is 0.188. The summed E-state index contributed by atoms with van der Waals surface area (Å²) in [6.07, 6.45) is 6.27. The molecule has 0 spiro atoms. The van der Waals surface area contributed by atoms with Gasteiger partial charge in [-0.3, -0.25) is 4.79 Å². The summed E-state index contributed by atoms with van der Waals surface area (Å²) in [4.78, 5) is 13.0. The number of nitrogens with zero attached hydrogens (tertiary/aromatic N) is 1. The van der Waals surface area contributed by atoms with Gasteiger partial charge in [0.05, 0.1) is 6.54 Å². The first-order valence-electron chi connectivity index (χ1n) is 6.07. The largest absolute Gasteiger partial charge is 0.310 e. The molecule has 0 aliphatic carbocycles. The minimum absolute atomic E-state index is 0.596. The van der Waals surface area contributed by atoms with E-state index in [4.69, 9.17) is 0 Å². The maximum absolute atomic E-state index is 11.3. The number of aryl methyl sites for hydroxylation is 1. The van der Waals surface area contributed by atoms with Gasteiger partial charge in [0.1, 0.15) is 0 Å². The van der Waals surface area contributed by atoms with Crippen molar-refractivity contribution in [3.05, 3.63) is 72.0 Å². The van der Waals surface area contributed by atoms with Crippen LogP contribution in [-0.4, -0.2) is 11.3 Å². The van der Waals surface area contributed by atoms with Crippen LogP contribution in [0.3, 0.4) is 0 Å². The van der Waals surface area contributed by atoms with Crippen LogP contribution >= 0.6 is 0 Å². The van der Waals surface area contributed by atoms with E-state index < -0.39 is 0 Å². The van der Waals surface area contributed by atoms with Crippen LogP contribution in [0.25, 0.3) is 0 Å². The first-order chi connectivity index (χ1) is 8.80. The molecule has 0 atom stereocenters. The number of fused-ring (bicyclic) bond motifs is 1. The van der Waals surface area contributed by atoms with Gasteiger partial charge in [-0.25, -0.2) is 0 Å². The molecule has 0 radical (unpaired) electrons. The molecule has 0 unspecified atom stereocenters. The van der Waals surface area contributed by atoms with Crippen molar-refractivity contribution in [1.29, 1.82) is 0 Å². The van der Waals surface area contributed by atoms with Crippen molar-refractivity contribution in [2.45, 2.75) is 19.4 Å². The fourth-order valence-electron chi connectivity index (χ4n) is 2.36. The Kier molecular flexibility index (Phi) is 3.78. The standard InChI is InChI=1S/C16H17NO/c1-3-13-9-10-14-7-5-6-8-15(14)11-17(12-18)16(13)4-2/h3-8,12H,1-2,9-11H2/b16-13-. The third-order valence-electron chi connectivity index (χ3n) is 3.33. The zero-order valence-corrected chi connectivity index (χ0v) is 10.4. The van der Waals surface area contributed by atoms with Crippen LogP contribution in [0.1, 0.15) is 17.5 Å². The summed E-state index contributed by atoms with van der Waals surface area (Å²) in [6.45, 7) is 8.23. The summed E-state index contributed by atoms with van der Waals surface area (Å²) in [5, 5.41) is 0. The van der Waals surface area contributed by atoms with Crippen LogP contribution in [0.5, 0.6) is 0 Å². The number of carbonyl (C=O) groups excluding carboxylic acids is 1. The van der Waals surface area contributed by atoms with Gasteiger partial charge in [0.2, 0.25) is 6.41 Å². The van der Waals surface area contributed by atoms with E-state index in [1.54, 1.807) is 11.0 Å². The molecule has 0 fully saturated rings. The number of allylic oxidation sites excluding steroid dienone is 3. The van der Waals surface area contributed by atoms with E-state index in [2.05, 4.69) is 25.3 Å². The SMILES string of the molecule is C=C/C1=C(\C=C)N(C=O)Cc2ccccc2CC1. The molecule has 1 aliphatic rings. The summed E-state index contributed by atoms with van der Waals surface area (Å²) in [5.41, 5.74) is 4.44. The van der Waals surface area contributed by atoms with Crippen LogP contribution in [-0.2, 0) is 17.8 Å². The molecule has 1 aromatic rings. The van der Waals surface area contributed by atoms with Gasteiger partial charge in [-0.2, -0.15) is 0 Å². The second kappa shape index (κ2) is 5.50. The van der Waals surface area contributed by atoms with Gasteiger partial charge in [-0.15, -0.1) is 0 Å². The van der Waals surface area contributed by atoms with E-state index in [1.165, 1.54) is 11.1 Å². The molecule has 1 aromatic carbocycles. The Bertz CT molecular complexity index is 514. The number of carbonyl (C=O) groups is 1. The maximum atomic E-state index is 11.3. The predicted octanol–water partition coefficient (Wildman–Crippen LogP) is 3.22. The Hall–Kier alpha value is -2.09. The lowest BCUT2D eigenvalue weighted by molar-refractivity contribution is -0.116. The maximum Gasteiger partial charge on any atom is 0.214 e. The summed E-state index contributed by atoms with van der Waals surface area (Å²) < 4.78 is 0. The molecule has 0 aromatic heterocycles. The molecule has 2 rings (SSSR count). The molecule has 0 saturated heterocycles. The second-order valence-corrected chi connectivity index (χ2v) is 4.32. The topological polar surface area (TPSA) is 20.3 Å². The minimum Gasteiger partial charge on any atom is -0.310 e. The third kappa shape index (κ3) is 2.28.